The molecule has 2 aromatic carbocycles. The summed E-state index contributed by atoms with van der Waals surface area (Å²) in [4.78, 5) is 54.9. The Bertz CT molecular complexity index is 1710. The van der Waals surface area contributed by atoms with Gasteiger partial charge in [-0.2, -0.15) is 0 Å². The number of likely N-dealkylation sites (N-methyl/N-ethyl adjacent to an activating group) is 1. The molecule has 3 aliphatic rings. The van der Waals surface area contributed by atoms with E-state index in [4.69, 9.17) is 5.73 Å². The molecule has 0 radical (unpaired) electrons. The fraction of sp³-hybridized carbons (Fsp3) is 0.412. The smallest absolute Gasteiger partial charge is 0.268 e. The van der Waals surface area contributed by atoms with E-state index in [-0.39, 0.29) is 35.6 Å². The second kappa shape index (κ2) is 12.0. The average molecular weight is 633 g/mol. The molecule has 0 bridgehead atoms. The molecule has 5 rings (SSSR count). The van der Waals surface area contributed by atoms with Crippen LogP contribution < -0.4 is 5.73 Å². The van der Waals surface area contributed by atoms with Gasteiger partial charge in [-0.3, -0.25) is 29.1 Å². The number of nitrogens with zero attached hydrogens (tertiary/aromatic N) is 3. The lowest BCUT2D eigenvalue weighted by Gasteiger charge is -2.50. The number of amides is 2. The molecule has 0 aromatic heterocycles. The first-order valence-electron chi connectivity index (χ1n) is 15.4. The van der Waals surface area contributed by atoms with Gasteiger partial charge in [0.05, 0.1) is 11.6 Å². The van der Waals surface area contributed by atoms with Crippen molar-refractivity contribution < 1.29 is 39.6 Å². The van der Waals surface area contributed by atoms with Crippen LogP contribution in [0.3, 0.4) is 0 Å². The van der Waals surface area contributed by atoms with Crippen LogP contribution in [0, 0.1) is 11.8 Å². The van der Waals surface area contributed by atoms with Crippen molar-refractivity contribution in [2.24, 2.45) is 17.6 Å². The number of phenolic OH excluding ortho intramolecular Hbond substituents is 1. The Kier molecular flexibility index (Phi) is 8.58. The summed E-state index contributed by atoms with van der Waals surface area (Å²) in [6, 6.07) is 8.96. The van der Waals surface area contributed by atoms with E-state index in [0.717, 1.165) is 0 Å². The molecule has 0 fully saturated rings. The van der Waals surface area contributed by atoms with Crippen LogP contribution in [-0.2, 0) is 16.0 Å². The summed E-state index contributed by atoms with van der Waals surface area (Å²) in [5.74, 6) is -7.24. The van der Waals surface area contributed by atoms with Gasteiger partial charge in [-0.15, -0.1) is 0 Å². The summed E-state index contributed by atoms with van der Waals surface area (Å²) < 4.78 is 0. The monoisotopic (exact) mass is 632 g/mol. The average Bonchev–Trinajstić information content (AvgIpc) is 3.01. The second-order valence-electron chi connectivity index (χ2n) is 12.2. The Hall–Kier alpha value is -4.52. The number of nitrogens with two attached hydrogens (primary N) is 1. The zero-order valence-corrected chi connectivity index (χ0v) is 26.6. The molecule has 4 atom stereocenters. The highest BCUT2D eigenvalue weighted by molar-refractivity contribution is 6.25. The molecule has 3 aliphatic carbocycles. The molecule has 6 N–H and O–H groups in total. The van der Waals surface area contributed by atoms with Gasteiger partial charge in [-0.1, -0.05) is 32.0 Å². The Morgan fingerprint density at radius 1 is 1.00 bits per heavy atom. The van der Waals surface area contributed by atoms with Crippen molar-refractivity contribution >= 4 is 23.4 Å². The molecule has 0 saturated heterocycles. The molecular weight excluding hydrogens is 592 g/mol. The molecule has 2 aromatic rings. The predicted molar refractivity (Wildman–Crippen MR) is 169 cm³/mol. The summed E-state index contributed by atoms with van der Waals surface area (Å²) in [5.41, 5.74) is 3.70. The van der Waals surface area contributed by atoms with E-state index >= 15 is 0 Å². The normalized spacial score (nSPS) is 24.2. The van der Waals surface area contributed by atoms with E-state index in [9.17, 15) is 39.6 Å². The first-order chi connectivity index (χ1) is 21.7. The van der Waals surface area contributed by atoms with Crippen molar-refractivity contribution in [2.75, 3.05) is 33.7 Å². The van der Waals surface area contributed by atoms with Crippen LogP contribution in [0.4, 0.5) is 0 Å². The minimum atomic E-state index is -2.71. The molecule has 0 heterocycles. The largest absolute Gasteiger partial charge is 0.510 e. The second-order valence-corrected chi connectivity index (χ2v) is 12.2. The van der Waals surface area contributed by atoms with Crippen LogP contribution in [0.2, 0.25) is 0 Å². The Labute approximate surface area is 267 Å². The van der Waals surface area contributed by atoms with Gasteiger partial charge in [0.25, 0.3) is 11.8 Å². The van der Waals surface area contributed by atoms with Crippen molar-refractivity contribution in [3.8, 4) is 16.9 Å². The molecule has 0 spiro atoms. The number of ketones is 2. The molecule has 244 valence electrons. The molecule has 0 aliphatic heterocycles. The number of hydrogen-bond acceptors (Lipinski definition) is 10. The third-order valence-electron chi connectivity index (χ3n) is 9.63. The van der Waals surface area contributed by atoms with E-state index in [1.54, 1.807) is 49.4 Å². The van der Waals surface area contributed by atoms with Gasteiger partial charge < -0.3 is 26.2 Å². The van der Waals surface area contributed by atoms with Crippen LogP contribution in [0.5, 0.6) is 5.75 Å². The molecule has 0 saturated carbocycles. The number of phenols is 1. The molecule has 12 nitrogen and oxygen atoms in total. The van der Waals surface area contributed by atoms with Crippen LogP contribution in [0.25, 0.3) is 11.1 Å². The number of aliphatic hydroxyl groups excluding tert-OH is 2. The molecule has 0 unspecified atom stereocenters. The van der Waals surface area contributed by atoms with Crippen LogP contribution >= 0.6 is 0 Å². The van der Waals surface area contributed by atoms with Crippen molar-refractivity contribution in [2.45, 2.75) is 45.3 Å². The summed E-state index contributed by atoms with van der Waals surface area (Å²) in [5, 5.41) is 48.9. The number of fused-ring (bicyclic) bond motifs is 3. The van der Waals surface area contributed by atoms with Crippen molar-refractivity contribution in [1.82, 2.24) is 14.9 Å². The maximum Gasteiger partial charge on any atom is 0.268 e. The number of aromatic hydroxyl groups is 1. The van der Waals surface area contributed by atoms with Crippen molar-refractivity contribution in [3.05, 3.63) is 75.8 Å². The maximum absolute atomic E-state index is 14.1. The third kappa shape index (κ3) is 4.79. The molecular formula is C34H40N4O8. The highest BCUT2D eigenvalue weighted by Crippen LogP contribution is 2.53. The minimum Gasteiger partial charge on any atom is -0.510 e. The highest BCUT2D eigenvalue weighted by Gasteiger charge is 2.63. The van der Waals surface area contributed by atoms with E-state index < -0.39 is 58.0 Å². The third-order valence-corrected chi connectivity index (χ3v) is 9.63. The SMILES string of the molecule is CCN(CC)N(CC)C(=O)c1cccc(-c2ccc(O)c3c2C[C@H]2C[C@H]4[C@H](N(C)C)C(O)=C(C(N)=O)C(=O)[C@@]4(O)C(O)=C2C3=O)c1. The number of hydrazine groups is 1. The molecule has 12 heteroatoms. The Morgan fingerprint density at radius 3 is 2.26 bits per heavy atom. The molecule has 2 amide bonds. The number of benzene rings is 2. The lowest BCUT2D eigenvalue weighted by atomic mass is 9.58. The van der Waals surface area contributed by atoms with Gasteiger partial charge >= 0.3 is 0 Å². The standard InChI is InChI=1S/C34H40N4O8/c1-6-37(7-2)38(8-3)33(45)18-11-9-10-17(14-18)20-12-13-23(39)25-21(20)15-19-16-22-27(36(4)5)29(41)26(32(35)44)31(43)34(22,46)30(42)24(19)28(25)40/h9-14,19,22,27,39,41-42,46H,6-8,15-16H2,1-5H3,(H2,35,44)/t19-,22-,27-,34-/m0/s1. The van der Waals surface area contributed by atoms with Crippen molar-refractivity contribution in [3.63, 3.8) is 0 Å². The zero-order valence-electron chi connectivity index (χ0n) is 26.6. The fourth-order valence-electron chi connectivity index (χ4n) is 7.53. The van der Waals surface area contributed by atoms with Gasteiger partial charge in [0.1, 0.15) is 22.8 Å². The summed E-state index contributed by atoms with van der Waals surface area (Å²) in [6.07, 6.45) is 0.117. The van der Waals surface area contributed by atoms with E-state index in [0.29, 0.717) is 41.9 Å². The predicted octanol–water partition coefficient (Wildman–Crippen LogP) is 2.51. The number of carbonyl (C=O) groups is 4. The number of allylic oxidation sites excluding steroid dienone is 1. The van der Waals surface area contributed by atoms with Gasteiger partial charge in [0.15, 0.2) is 11.4 Å². The Morgan fingerprint density at radius 2 is 1.67 bits per heavy atom. The zero-order chi connectivity index (χ0) is 33.8. The Balaban J connectivity index is 1.64. The van der Waals surface area contributed by atoms with Crippen LogP contribution in [0.15, 0.2) is 59.1 Å². The van der Waals surface area contributed by atoms with Crippen LogP contribution in [-0.4, -0.2) is 104 Å². The van der Waals surface area contributed by atoms with Gasteiger partial charge in [-0.25, -0.2) is 5.01 Å². The van der Waals surface area contributed by atoms with E-state index in [1.165, 1.54) is 11.0 Å². The lowest BCUT2D eigenvalue weighted by molar-refractivity contribution is -0.148. The van der Waals surface area contributed by atoms with Crippen molar-refractivity contribution in [1.29, 1.82) is 0 Å². The van der Waals surface area contributed by atoms with Gasteiger partial charge in [0, 0.05) is 36.7 Å². The minimum absolute atomic E-state index is 0.0191. The number of Topliss-reactive ketones (excluding diaryl/α,β-unsaturated/α-hetero) is 2. The van der Waals surface area contributed by atoms with E-state index in [2.05, 4.69) is 0 Å². The first kappa shape index (κ1) is 32.9. The van der Waals surface area contributed by atoms with Gasteiger partial charge in [0.2, 0.25) is 5.78 Å². The summed E-state index contributed by atoms with van der Waals surface area (Å²) in [7, 11) is 3.16. The van der Waals surface area contributed by atoms with Gasteiger partial charge in [-0.05, 0) is 74.7 Å². The fourth-order valence-corrected chi connectivity index (χ4v) is 7.53. The molecule has 46 heavy (non-hydrogen) atoms. The number of carbonyl (C=O) groups excluding carboxylic acids is 4. The van der Waals surface area contributed by atoms with E-state index in [1.807, 2.05) is 25.8 Å². The quantitative estimate of drug-likeness (QED) is 0.214. The number of rotatable bonds is 8. The first-order valence-corrected chi connectivity index (χ1v) is 15.4. The highest BCUT2D eigenvalue weighted by atomic mass is 16.3. The maximum atomic E-state index is 14.1. The number of primary amides is 1. The lowest BCUT2D eigenvalue weighted by Crippen LogP contribution is -2.63. The van der Waals surface area contributed by atoms with Crippen LogP contribution in [0.1, 0.15) is 53.5 Å². The topological polar surface area (TPSA) is 185 Å². The summed E-state index contributed by atoms with van der Waals surface area (Å²) in [6.45, 7) is 7.63. The number of aliphatic hydroxyl groups is 3. The summed E-state index contributed by atoms with van der Waals surface area (Å²) >= 11 is 0. The number of hydrogen-bond donors (Lipinski definition) is 5.